The van der Waals surface area contributed by atoms with Gasteiger partial charge in [-0.15, -0.1) is 0 Å². The fraction of sp³-hybridized carbons (Fsp3) is 1.00. The Morgan fingerprint density at radius 2 is 1.76 bits per heavy atom. The molecule has 1 heterocycles. The van der Waals surface area contributed by atoms with E-state index in [-0.39, 0.29) is 0 Å². The van der Waals surface area contributed by atoms with Crippen molar-refractivity contribution in [3.05, 3.63) is 0 Å². The van der Waals surface area contributed by atoms with E-state index in [1.165, 1.54) is 64.7 Å². The van der Waals surface area contributed by atoms with Gasteiger partial charge in [-0.25, -0.2) is 0 Å². The van der Waals surface area contributed by atoms with E-state index in [2.05, 4.69) is 31.0 Å². The zero-order valence-corrected chi connectivity index (χ0v) is 12.2. The molecule has 2 nitrogen and oxygen atoms in total. The lowest BCUT2D eigenvalue weighted by molar-refractivity contribution is 0.187. The Kier molecular flexibility index (Phi) is 7.87. The monoisotopic (exact) mass is 240 g/mol. The fourth-order valence-corrected chi connectivity index (χ4v) is 2.69. The summed E-state index contributed by atoms with van der Waals surface area (Å²) < 4.78 is 0. The molecular formula is C15H32N2. The molecule has 0 aliphatic carbocycles. The second-order valence-corrected chi connectivity index (χ2v) is 5.69. The van der Waals surface area contributed by atoms with E-state index in [1.54, 1.807) is 0 Å². The van der Waals surface area contributed by atoms with Gasteiger partial charge in [0.1, 0.15) is 0 Å². The summed E-state index contributed by atoms with van der Waals surface area (Å²) >= 11 is 0. The van der Waals surface area contributed by atoms with Crippen molar-refractivity contribution in [2.75, 3.05) is 26.2 Å². The van der Waals surface area contributed by atoms with Crippen LogP contribution in [0.5, 0.6) is 0 Å². The van der Waals surface area contributed by atoms with Crippen LogP contribution in [0.1, 0.15) is 59.3 Å². The SMILES string of the molecule is CCCCN(CCCC)CC1NCCCC1C. The van der Waals surface area contributed by atoms with Crippen molar-refractivity contribution in [1.82, 2.24) is 10.2 Å². The second-order valence-electron chi connectivity index (χ2n) is 5.69. The van der Waals surface area contributed by atoms with Crippen molar-refractivity contribution >= 4 is 0 Å². The summed E-state index contributed by atoms with van der Waals surface area (Å²) in [6.07, 6.45) is 8.11. The van der Waals surface area contributed by atoms with Crippen molar-refractivity contribution < 1.29 is 0 Å². The Hall–Kier alpha value is -0.0800. The molecule has 0 saturated carbocycles. The van der Waals surface area contributed by atoms with Crippen LogP contribution in [0.2, 0.25) is 0 Å². The Balaban J connectivity index is 2.33. The molecule has 1 rings (SSSR count). The van der Waals surface area contributed by atoms with Gasteiger partial charge in [0.05, 0.1) is 0 Å². The van der Waals surface area contributed by atoms with Gasteiger partial charge >= 0.3 is 0 Å². The van der Waals surface area contributed by atoms with Crippen molar-refractivity contribution in [2.24, 2.45) is 5.92 Å². The third-order valence-electron chi connectivity index (χ3n) is 4.04. The lowest BCUT2D eigenvalue weighted by Gasteiger charge is -2.34. The fourth-order valence-electron chi connectivity index (χ4n) is 2.69. The van der Waals surface area contributed by atoms with E-state index in [1.807, 2.05) is 0 Å². The van der Waals surface area contributed by atoms with Gasteiger partial charge in [0.25, 0.3) is 0 Å². The first-order valence-electron chi connectivity index (χ1n) is 7.73. The molecule has 1 N–H and O–H groups in total. The zero-order valence-electron chi connectivity index (χ0n) is 12.2. The van der Waals surface area contributed by atoms with Gasteiger partial charge < -0.3 is 10.2 Å². The minimum absolute atomic E-state index is 0.734. The topological polar surface area (TPSA) is 15.3 Å². The summed E-state index contributed by atoms with van der Waals surface area (Å²) in [6.45, 7) is 12.1. The Bertz CT molecular complexity index is 174. The highest BCUT2D eigenvalue weighted by Gasteiger charge is 2.22. The van der Waals surface area contributed by atoms with E-state index in [4.69, 9.17) is 0 Å². The van der Waals surface area contributed by atoms with E-state index >= 15 is 0 Å². The summed E-state index contributed by atoms with van der Waals surface area (Å²) in [4.78, 5) is 2.69. The van der Waals surface area contributed by atoms with Gasteiger partial charge in [0, 0.05) is 12.6 Å². The van der Waals surface area contributed by atoms with Gasteiger partial charge in [0.15, 0.2) is 0 Å². The lowest BCUT2D eigenvalue weighted by atomic mass is 9.92. The molecule has 1 aliphatic heterocycles. The second kappa shape index (κ2) is 8.93. The molecule has 1 aliphatic rings. The predicted octanol–water partition coefficient (Wildman–Crippen LogP) is 3.28. The molecule has 2 unspecified atom stereocenters. The summed E-state index contributed by atoms with van der Waals surface area (Å²) in [5, 5.41) is 3.71. The Morgan fingerprint density at radius 1 is 1.12 bits per heavy atom. The highest BCUT2D eigenvalue weighted by atomic mass is 15.1. The average Bonchev–Trinajstić information content (AvgIpc) is 2.35. The summed E-state index contributed by atoms with van der Waals surface area (Å²) in [5.41, 5.74) is 0. The smallest absolute Gasteiger partial charge is 0.0220 e. The van der Waals surface area contributed by atoms with Crippen LogP contribution in [0, 0.1) is 5.92 Å². The van der Waals surface area contributed by atoms with Crippen LogP contribution >= 0.6 is 0 Å². The molecule has 2 atom stereocenters. The van der Waals surface area contributed by atoms with Crippen LogP contribution in [-0.2, 0) is 0 Å². The predicted molar refractivity (Wildman–Crippen MR) is 76.4 cm³/mol. The molecule has 0 spiro atoms. The molecule has 0 bridgehead atoms. The number of hydrogen-bond acceptors (Lipinski definition) is 2. The zero-order chi connectivity index (χ0) is 12.5. The summed E-state index contributed by atoms with van der Waals surface area (Å²) in [7, 11) is 0. The molecule has 17 heavy (non-hydrogen) atoms. The van der Waals surface area contributed by atoms with Crippen LogP contribution in [0.25, 0.3) is 0 Å². The quantitative estimate of drug-likeness (QED) is 0.700. The Morgan fingerprint density at radius 3 is 2.29 bits per heavy atom. The van der Waals surface area contributed by atoms with E-state index in [0.717, 1.165) is 12.0 Å². The van der Waals surface area contributed by atoms with Crippen LogP contribution in [0.4, 0.5) is 0 Å². The molecule has 0 aromatic carbocycles. The third-order valence-corrected chi connectivity index (χ3v) is 4.04. The average molecular weight is 240 g/mol. The van der Waals surface area contributed by atoms with Crippen LogP contribution in [0.15, 0.2) is 0 Å². The van der Waals surface area contributed by atoms with Gasteiger partial charge in [-0.2, -0.15) is 0 Å². The van der Waals surface area contributed by atoms with Crippen molar-refractivity contribution in [3.63, 3.8) is 0 Å². The summed E-state index contributed by atoms with van der Waals surface area (Å²) in [6, 6.07) is 0.734. The van der Waals surface area contributed by atoms with Crippen molar-refractivity contribution in [2.45, 2.75) is 65.3 Å². The molecule has 1 fully saturated rings. The third kappa shape index (κ3) is 5.87. The molecule has 0 aromatic rings. The summed E-state index contributed by atoms with van der Waals surface area (Å²) in [5.74, 6) is 0.856. The first-order chi connectivity index (χ1) is 8.27. The molecule has 0 radical (unpaired) electrons. The van der Waals surface area contributed by atoms with Crippen LogP contribution in [0.3, 0.4) is 0 Å². The molecule has 102 valence electrons. The number of nitrogens with one attached hydrogen (secondary N) is 1. The maximum absolute atomic E-state index is 3.71. The molecule has 0 amide bonds. The van der Waals surface area contributed by atoms with Crippen molar-refractivity contribution in [3.8, 4) is 0 Å². The first-order valence-corrected chi connectivity index (χ1v) is 7.73. The van der Waals surface area contributed by atoms with E-state index in [9.17, 15) is 0 Å². The minimum atomic E-state index is 0.734. The highest BCUT2D eigenvalue weighted by molar-refractivity contribution is 4.81. The molecule has 1 saturated heterocycles. The minimum Gasteiger partial charge on any atom is -0.312 e. The normalized spacial score (nSPS) is 25.4. The maximum Gasteiger partial charge on any atom is 0.0220 e. The van der Waals surface area contributed by atoms with Gasteiger partial charge in [-0.05, 0) is 51.2 Å². The van der Waals surface area contributed by atoms with Gasteiger partial charge in [-0.1, -0.05) is 33.6 Å². The van der Waals surface area contributed by atoms with E-state index in [0.29, 0.717) is 0 Å². The number of hydrogen-bond donors (Lipinski definition) is 1. The maximum atomic E-state index is 3.71. The molecular weight excluding hydrogens is 208 g/mol. The van der Waals surface area contributed by atoms with E-state index < -0.39 is 0 Å². The van der Waals surface area contributed by atoms with Crippen LogP contribution < -0.4 is 5.32 Å². The molecule has 0 aromatic heterocycles. The number of piperidine rings is 1. The van der Waals surface area contributed by atoms with Crippen molar-refractivity contribution in [1.29, 1.82) is 0 Å². The van der Waals surface area contributed by atoms with Gasteiger partial charge in [0.2, 0.25) is 0 Å². The van der Waals surface area contributed by atoms with Crippen LogP contribution in [-0.4, -0.2) is 37.1 Å². The first kappa shape index (κ1) is 15.0. The Labute approximate surface area is 108 Å². The highest BCUT2D eigenvalue weighted by Crippen LogP contribution is 2.17. The number of unbranched alkanes of at least 4 members (excludes halogenated alkanes) is 2. The largest absolute Gasteiger partial charge is 0.312 e. The number of nitrogens with zero attached hydrogens (tertiary/aromatic N) is 1. The standard InChI is InChI=1S/C15H32N2/c1-4-6-11-17(12-7-5-2)13-15-14(3)9-8-10-16-15/h14-16H,4-13H2,1-3H3. The number of rotatable bonds is 8. The lowest BCUT2D eigenvalue weighted by Crippen LogP contribution is -2.48. The molecule has 2 heteroatoms. The van der Waals surface area contributed by atoms with Gasteiger partial charge in [-0.3, -0.25) is 0 Å².